The highest BCUT2D eigenvalue weighted by molar-refractivity contribution is 5.86. The molecule has 2 aromatic carbocycles. The highest BCUT2D eigenvalue weighted by Crippen LogP contribution is 2.15. The van der Waals surface area contributed by atoms with Gasteiger partial charge in [0.05, 0.1) is 19.4 Å². The first-order valence-corrected chi connectivity index (χ1v) is 7.53. The third kappa shape index (κ3) is 5.47. The first-order chi connectivity index (χ1) is 11.2. The molecule has 0 aromatic heterocycles. The van der Waals surface area contributed by atoms with Crippen LogP contribution in [0.15, 0.2) is 53.6 Å². The Morgan fingerprint density at radius 3 is 2.65 bits per heavy atom. The van der Waals surface area contributed by atoms with Gasteiger partial charge in [-0.15, -0.1) is 0 Å². The quantitative estimate of drug-likeness (QED) is 0.610. The second kappa shape index (κ2) is 8.58. The number of hydrazone groups is 1. The maximum absolute atomic E-state index is 11.8. The van der Waals surface area contributed by atoms with E-state index < -0.39 is 0 Å². The summed E-state index contributed by atoms with van der Waals surface area (Å²) in [6, 6.07) is 15.4. The molecule has 120 valence electrons. The van der Waals surface area contributed by atoms with E-state index in [9.17, 15) is 4.79 Å². The number of anilines is 1. The maximum atomic E-state index is 11.8. The molecule has 0 saturated heterocycles. The van der Waals surface area contributed by atoms with Crippen molar-refractivity contribution >= 4 is 17.8 Å². The van der Waals surface area contributed by atoms with Gasteiger partial charge >= 0.3 is 0 Å². The Morgan fingerprint density at radius 1 is 1.17 bits per heavy atom. The van der Waals surface area contributed by atoms with E-state index in [2.05, 4.69) is 15.8 Å². The van der Waals surface area contributed by atoms with Gasteiger partial charge in [0.2, 0.25) is 0 Å². The average Bonchev–Trinajstić information content (AvgIpc) is 2.56. The third-order valence-corrected chi connectivity index (χ3v) is 3.12. The molecular weight excluding hydrogens is 290 g/mol. The Labute approximate surface area is 136 Å². The summed E-state index contributed by atoms with van der Waals surface area (Å²) in [5.74, 6) is 0.529. The van der Waals surface area contributed by atoms with Crippen LogP contribution in [0.4, 0.5) is 5.69 Å². The van der Waals surface area contributed by atoms with Crippen molar-refractivity contribution in [3.8, 4) is 5.75 Å². The number of hydrogen-bond acceptors (Lipinski definition) is 4. The fraction of sp³-hybridized carbons (Fsp3) is 0.222. The summed E-state index contributed by atoms with van der Waals surface area (Å²) >= 11 is 0. The highest BCUT2D eigenvalue weighted by Gasteiger charge is 2.01. The molecule has 0 unspecified atom stereocenters. The van der Waals surface area contributed by atoms with Crippen molar-refractivity contribution in [2.24, 2.45) is 5.10 Å². The molecule has 2 aromatic rings. The fourth-order valence-electron chi connectivity index (χ4n) is 1.94. The van der Waals surface area contributed by atoms with Gasteiger partial charge in [0, 0.05) is 11.3 Å². The summed E-state index contributed by atoms with van der Waals surface area (Å²) in [4.78, 5) is 11.8. The molecule has 0 aliphatic heterocycles. The molecule has 0 atom stereocenters. The molecular formula is C18H21N3O2. The number of nitrogens with zero attached hydrogens (tertiary/aromatic N) is 1. The second-order valence-corrected chi connectivity index (χ2v) is 4.98. The average molecular weight is 311 g/mol. The van der Waals surface area contributed by atoms with Crippen LogP contribution in [-0.4, -0.2) is 25.3 Å². The summed E-state index contributed by atoms with van der Waals surface area (Å²) in [6.45, 7) is 4.68. The lowest BCUT2D eigenvalue weighted by molar-refractivity contribution is -0.119. The van der Waals surface area contributed by atoms with Crippen LogP contribution in [0.1, 0.15) is 18.1 Å². The van der Waals surface area contributed by atoms with Crippen molar-refractivity contribution in [1.29, 1.82) is 0 Å². The van der Waals surface area contributed by atoms with Gasteiger partial charge in [-0.3, -0.25) is 4.79 Å². The van der Waals surface area contributed by atoms with Gasteiger partial charge < -0.3 is 10.1 Å². The van der Waals surface area contributed by atoms with Crippen LogP contribution in [0.25, 0.3) is 0 Å². The molecule has 0 bridgehead atoms. The van der Waals surface area contributed by atoms with Crippen molar-refractivity contribution in [2.75, 3.05) is 18.5 Å². The molecule has 0 fully saturated rings. The van der Waals surface area contributed by atoms with Gasteiger partial charge in [-0.2, -0.15) is 5.10 Å². The number of benzene rings is 2. The number of ether oxygens (including phenoxy) is 1. The molecule has 0 spiro atoms. The zero-order valence-electron chi connectivity index (χ0n) is 13.4. The molecule has 2 N–H and O–H groups in total. The summed E-state index contributed by atoms with van der Waals surface area (Å²) in [5, 5.41) is 7.01. The fourth-order valence-corrected chi connectivity index (χ4v) is 1.94. The van der Waals surface area contributed by atoms with Crippen LogP contribution in [-0.2, 0) is 4.79 Å². The van der Waals surface area contributed by atoms with E-state index in [1.54, 1.807) is 6.21 Å². The van der Waals surface area contributed by atoms with Gasteiger partial charge in [-0.25, -0.2) is 5.43 Å². The molecule has 5 heteroatoms. The number of hydrogen-bond donors (Lipinski definition) is 2. The van der Waals surface area contributed by atoms with Crippen LogP contribution in [0.2, 0.25) is 0 Å². The lowest BCUT2D eigenvalue weighted by Crippen LogP contribution is -2.25. The van der Waals surface area contributed by atoms with Crippen molar-refractivity contribution in [2.45, 2.75) is 13.8 Å². The van der Waals surface area contributed by atoms with Gasteiger partial charge in [0.15, 0.2) is 0 Å². The first kappa shape index (κ1) is 16.5. The van der Waals surface area contributed by atoms with Gasteiger partial charge in [0.1, 0.15) is 5.75 Å². The van der Waals surface area contributed by atoms with Crippen LogP contribution >= 0.6 is 0 Å². The number of aryl methyl sites for hydroxylation is 1. The lowest BCUT2D eigenvalue weighted by atomic mass is 10.2. The molecule has 2 rings (SSSR count). The lowest BCUT2D eigenvalue weighted by Gasteiger charge is -2.07. The van der Waals surface area contributed by atoms with E-state index in [0.29, 0.717) is 6.61 Å². The second-order valence-electron chi connectivity index (χ2n) is 4.98. The monoisotopic (exact) mass is 311 g/mol. The van der Waals surface area contributed by atoms with Gasteiger partial charge in [0.25, 0.3) is 5.91 Å². The van der Waals surface area contributed by atoms with Gasteiger partial charge in [-0.05, 0) is 38.1 Å². The summed E-state index contributed by atoms with van der Waals surface area (Å²) in [6.07, 6.45) is 1.58. The molecule has 0 radical (unpaired) electrons. The Morgan fingerprint density at radius 2 is 1.91 bits per heavy atom. The van der Waals surface area contributed by atoms with E-state index in [1.165, 1.54) is 5.56 Å². The van der Waals surface area contributed by atoms with Crippen molar-refractivity contribution in [3.63, 3.8) is 0 Å². The Bertz CT molecular complexity index is 666. The first-order valence-electron chi connectivity index (χ1n) is 7.53. The molecule has 0 saturated carbocycles. The Balaban J connectivity index is 1.83. The van der Waals surface area contributed by atoms with Crippen LogP contribution in [0.3, 0.4) is 0 Å². The van der Waals surface area contributed by atoms with Gasteiger partial charge in [-0.1, -0.05) is 29.8 Å². The number of rotatable bonds is 7. The largest absolute Gasteiger partial charge is 0.493 e. The zero-order chi connectivity index (χ0) is 16.5. The topological polar surface area (TPSA) is 62.7 Å². The van der Waals surface area contributed by atoms with Crippen molar-refractivity contribution in [1.82, 2.24) is 5.43 Å². The van der Waals surface area contributed by atoms with E-state index in [1.807, 2.05) is 62.4 Å². The zero-order valence-corrected chi connectivity index (χ0v) is 13.4. The minimum atomic E-state index is -0.212. The summed E-state index contributed by atoms with van der Waals surface area (Å²) < 4.78 is 5.49. The van der Waals surface area contributed by atoms with Crippen LogP contribution in [0, 0.1) is 6.92 Å². The maximum Gasteiger partial charge on any atom is 0.259 e. The molecule has 1 amide bonds. The smallest absolute Gasteiger partial charge is 0.259 e. The van der Waals surface area contributed by atoms with Crippen molar-refractivity contribution < 1.29 is 9.53 Å². The normalized spacial score (nSPS) is 10.5. The predicted octanol–water partition coefficient (Wildman–Crippen LogP) is 2.96. The predicted molar refractivity (Wildman–Crippen MR) is 93.0 cm³/mol. The van der Waals surface area contributed by atoms with Crippen LogP contribution in [0.5, 0.6) is 5.75 Å². The number of amides is 1. The SMILES string of the molecule is CCOc1ccccc1/C=N/NC(=O)CNc1ccc(C)cc1. The number of carbonyl (C=O) groups excluding carboxylic acids is 1. The Hall–Kier alpha value is -2.82. The van der Waals surface area contributed by atoms with E-state index in [-0.39, 0.29) is 12.5 Å². The highest BCUT2D eigenvalue weighted by atomic mass is 16.5. The molecule has 0 heterocycles. The third-order valence-electron chi connectivity index (χ3n) is 3.12. The molecule has 0 aliphatic rings. The minimum Gasteiger partial charge on any atom is -0.493 e. The van der Waals surface area contributed by atoms with E-state index >= 15 is 0 Å². The summed E-state index contributed by atoms with van der Waals surface area (Å²) in [7, 11) is 0. The number of para-hydroxylation sites is 1. The molecule has 0 aliphatic carbocycles. The number of nitrogens with one attached hydrogen (secondary N) is 2. The summed E-state index contributed by atoms with van der Waals surface area (Å²) in [5.41, 5.74) is 5.39. The standard InChI is InChI=1S/C18H21N3O2/c1-3-23-17-7-5-4-6-15(17)12-20-21-18(22)13-19-16-10-8-14(2)9-11-16/h4-12,19H,3,13H2,1-2H3,(H,21,22)/b20-12+. The van der Waals surface area contributed by atoms with Crippen LogP contribution < -0.4 is 15.5 Å². The molecule has 5 nitrogen and oxygen atoms in total. The minimum absolute atomic E-state index is 0.160. The van der Waals surface area contributed by atoms with Crippen molar-refractivity contribution in [3.05, 3.63) is 59.7 Å². The molecule has 23 heavy (non-hydrogen) atoms. The van der Waals surface area contributed by atoms with E-state index in [4.69, 9.17) is 4.74 Å². The number of carbonyl (C=O) groups is 1. The van der Waals surface area contributed by atoms with E-state index in [0.717, 1.165) is 17.0 Å². The Kier molecular flexibility index (Phi) is 6.17.